The monoisotopic (exact) mass is 295 g/mol. The zero-order chi connectivity index (χ0) is 14.9. The Labute approximate surface area is 132 Å². The van der Waals surface area contributed by atoms with Crippen LogP contribution in [0.4, 0.5) is 0 Å². The quantitative estimate of drug-likeness (QED) is 0.779. The molecule has 0 aromatic carbocycles. The minimum absolute atomic E-state index is 0.841. The lowest BCUT2D eigenvalue weighted by atomic mass is 9.97. The maximum Gasteiger partial charge on any atom is 0.0108 e. The molecular formula is C18H37N3. The van der Waals surface area contributed by atoms with Crippen LogP contribution in [-0.4, -0.2) is 61.7 Å². The van der Waals surface area contributed by atoms with Gasteiger partial charge in [0, 0.05) is 12.6 Å². The first kappa shape index (κ1) is 17.2. The molecule has 2 saturated heterocycles. The Morgan fingerprint density at radius 3 is 2.67 bits per heavy atom. The third-order valence-corrected chi connectivity index (χ3v) is 5.25. The highest BCUT2D eigenvalue weighted by Crippen LogP contribution is 2.21. The van der Waals surface area contributed by atoms with Gasteiger partial charge in [0.25, 0.3) is 0 Å². The summed E-state index contributed by atoms with van der Waals surface area (Å²) in [6, 6.07) is 0.841. The summed E-state index contributed by atoms with van der Waals surface area (Å²) in [5.74, 6) is 0.889. The Hall–Kier alpha value is -0.120. The summed E-state index contributed by atoms with van der Waals surface area (Å²) in [6.45, 7) is 13.7. The van der Waals surface area contributed by atoms with E-state index in [1.54, 1.807) is 0 Å². The predicted molar refractivity (Wildman–Crippen MR) is 91.8 cm³/mol. The fourth-order valence-corrected chi connectivity index (χ4v) is 4.16. The molecule has 0 aromatic heterocycles. The van der Waals surface area contributed by atoms with Crippen LogP contribution in [0.25, 0.3) is 0 Å². The molecule has 3 nitrogen and oxygen atoms in total. The topological polar surface area (TPSA) is 18.5 Å². The number of rotatable bonds is 7. The number of nitrogens with one attached hydrogen (secondary N) is 1. The molecule has 2 rings (SSSR count). The molecule has 3 heteroatoms. The van der Waals surface area contributed by atoms with Gasteiger partial charge in [-0.25, -0.2) is 0 Å². The largest absolute Gasteiger partial charge is 0.316 e. The molecule has 0 bridgehead atoms. The lowest BCUT2D eigenvalue weighted by molar-refractivity contribution is 0.140. The van der Waals surface area contributed by atoms with Crippen LogP contribution in [0.2, 0.25) is 0 Å². The third-order valence-electron chi connectivity index (χ3n) is 5.25. The van der Waals surface area contributed by atoms with Gasteiger partial charge >= 0.3 is 0 Å². The van der Waals surface area contributed by atoms with Crippen molar-refractivity contribution in [2.45, 2.75) is 64.8 Å². The molecule has 0 radical (unpaired) electrons. The van der Waals surface area contributed by atoms with E-state index in [0.717, 1.165) is 12.0 Å². The molecule has 2 aliphatic heterocycles. The van der Waals surface area contributed by atoms with Crippen LogP contribution < -0.4 is 5.32 Å². The van der Waals surface area contributed by atoms with Crippen LogP contribution in [0.1, 0.15) is 58.8 Å². The maximum absolute atomic E-state index is 3.59. The molecule has 0 aliphatic carbocycles. The first-order chi connectivity index (χ1) is 10.3. The lowest BCUT2D eigenvalue weighted by Crippen LogP contribution is -2.43. The minimum Gasteiger partial charge on any atom is -0.316 e. The summed E-state index contributed by atoms with van der Waals surface area (Å²) < 4.78 is 0. The first-order valence-corrected chi connectivity index (χ1v) is 9.50. The smallest absolute Gasteiger partial charge is 0.0108 e. The van der Waals surface area contributed by atoms with E-state index in [9.17, 15) is 0 Å². The number of hydrogen-bond acceptors (Lipinski definition) is 3. The van der Waals surface area contributed by atoms with Gasteiger partial charge in [0.05, 0.1) is 0 Å². The summed E-state index contributed by atoms with van der Waals surface area (Å²) in [5.41, 5.74) is 0. The van der Waals surface area contributed by atoms with E-state index in [0.29, 0.717) is 0 Å². The second kappa shape index (κ2) is 9.81. The standard InChI is InChI=1S/C18H37N3/c1-3-11-20-13-6-8-18(9-14-20)21(12-4-2)16-17-7-5-10-19-15-17/h17-19H,3-16H2,1-2H3. The zero-order valence-corrected chi connectivity index (χ0v) is 14.4. The van der Waals surface area contributed by atoms with E-state index < -0.39 is 0 Å². The summed E-state index contributed by atoms with van der Waals surface area (Å²) in [7, 11) is 0. The van der Waals surface area contributed by atoms with Crippen molar-refractivity contribution in [3.8, 4) is 0 Å². The van der Waals surface area contributed by atoms with Crippen LogP contribution in [0, 0.1) is 5.92 Å². The molecule has 124 valence electrons. The van der Waals surface area contributed by atoms with Crippen molar-refractivity contribution in [1.29, 1.82) is 0 Å². The SMILES string of the molecule is CCCN1CCCC(N(CCC)CC2CCCNC2)CC1. The molecule has 1 N–H and O–H groups in total. The Kier molecular flexibility index (Phi) is 8.05. The average molecular weight is 296 g/mol. The Bertz CT molecular complexity index is 263. The maximum atomic E-state index is 3.59. The number of nitrogens with zero attached hydrogens (tertiary/aromatic N) is 2. The van der Waals surface area contributed by atoms with Crippen molar-refractivity contribution in [3.05, 3.63) is 0 Å². The molecule has 0 amide bonds. The molecule has 21 heavy (non-hydrogen) atoms. The summed E-state index contributed by atoms with van der Waals surface area (Å²) in [4.78, 5) is 5.53. The number of hydrogen-bond donors (Lipinski definition) is 1. The minimum atomic E-state index is 0.841. The van der Waals surface area contributed by atoms with Crippen molar-refractivity contribution in [1.82, 2.24) is 15.1 Å². The van der Waals surface area contributed by atoms with Gasteiger partial charge in [-0.05, 0) is 90.1 Å². The van der Waals surface area contributed by atoms with Gasteiger partial charge in [-0.15, -0.1) is 0 Å². The normalized spacial score (nSPS) is 28.7. The van der Waals surface area contributed by atoms with Crippen LogP contribution >= 0.6 is 0 Å². The van der Waals surface area contributed by atoms with Crippen molar-refractivity contribution < 1.29 is 0 Å². The zero-order valence-electron chi connectivity index (χ0n) is 14.4. The van der Waals surface area contributed by atoms with Gasteiger partial charge in [0.2, 0.25) is 0 Å². The fourth-order valence-electron chi connectivity index (χ4n) is 4.16. The molecule has 0 aromatic rings. The Morgan fingerprint density at radius 1 is 1.05 bits per heavy atom. The average Bonchev–Trinajstić information content (AvgIpc) is 2.74. The summed E-state index contributed by atoms with van der Waals surface area (Å²) in [6.07, 6.45) is 9.61. The van der Waals surface area contributed by atoms with Crippen molar-refractivity contribution in [2.24, 2.45) is 5.92 Å². The summed E-state index contributed by atoms with van der Waals surface area (Å²) in [5, 5.41) is 3.59. The second-order valence-corrected chi connectivity index (χ2v) is 7.13. The van der Waals surface area contributed by atoms with E-state index >= 15 is 0 Å². The first-order valence-electron chi connectivity index (χ1n) is 9.50. The van der Waals surface area contributed by atoms with Gasteiger partial charge in [0.1, 0.15) is 0 Å². The van der Waals surface area contributed by atoms with Crippen molar-refractivity contribution in [3.63, 3.8) is 0 Å². The van der Waals surface area contributed by atoms with E-state index in [-0.39, 0.29) is 0 Å². The van der Waals surface area contributed by atoms with Crippen LogP contribution in [0.15, 0.2) is 0 Å². The van der Waals surface area contributed by atoms with Gasteiger partial charge in [-0.3, -0.25) is 0 Å². The van der Waals surface area contributed by atoms with E-state index in [1.807, 2.05) is 0 Å². The van der Waals surface area contributed by atoms with Crippen molar-refractivity contribution in [2.75, 3.05) is 45.8 Å². The molecule has 0 saturated carbocycles. The fraction of sp³-hybridized carbons (Fsp3) is 1.00. The van der Waals surface area contributed by atoms with Crippen LogP contribution in [0.3, 0.4) is 0 Å². The highest BCUT2D eigenvalue weighted by atomic mass is 15.2. The van der Waals surface area contributed by atoms with Crippen LogP contribution in [0.5, 0.6) is 0 Å². The van der Waals surface area contributed by atoms with E-state index in [1.165, 1.54) is 90.8 Å². The molecule has 2 fully saturated rings. The molecule has 2 unspecified atom stereocenters. The van der Waals surface area contributed by atoms with Crippen molar-refractivity contribution >= 4 is 0 Å². The Balaban J connectivity index is 1.84. The molecule has 2 heterocycles. The lowest BCUT2D eigenvalue weighted by Gasteiger charge is -2.35. The number of likely N-dealkylation sites (tertiary alicyclic amines) is 1. The third kappa shape index (κ3) is 5.88. The molecule has 0 spiro atoms. The van der Waals surface area contributed by atoms with E-state index in [2.05, 4.69) is 29.0 Å². The van der Waals surface area contributed by atoms with Gasteiger partial charge < -0.3 is 15.1 Å². The highest BCUT2D eigenvalue weighted by molar-refractivity contribution is 4.81. The van der Waals surface area contributed by atoms with E-state index in [4.69, 9.17) is 0 Å². The highest BCUT2D eigenvalue weighted by Gasteiger charge is 2.24. The molecule has 2 aliphatic rings. The van der Waals surface area contributed by atoms with Gasteiger partial charge in [-0.2, -0.15) is 0 Å². The Morgan fingerprint density at radius 2 is 1.95 bits per heavy atom. The molecular weight excluding hydrogens is 258 g/mol. The second-order valence-electron chi connectivity index (χ2n) is 7.13. The molecule has 2 atom stereocenters. The van der Waals surface area contributed by atoms with Gasteiger partial charge in [-0.1, -0.05) is 13.8 Å². The summed E-state index contributed by atoms with van der Waals surface area (Å²) >= 11 is 0. The van der Waals surface area contributed by atoms with Crippen LogP contribution in [-0.2, 0) is 0 Å². The number of piperidine rings is 1. The predicted octanol–water partition coefficient (Wildman–Crippen LogP) is 2.96. The van der Waals surface area contributed by atoms with Gasteiger partial charge in [0.15, 0.2) is 0 Å².